The van der Waals surface area contributed by atoms with Crippen molar-refractivity contribution in [2.24, 2.45) is 5.92 Å². The molecule has 0 spiro atoms. The monoisotopic (exact) mass is 325 g/mol. The van der Waals surface area contributed by atoms with E-state index in [2.05, 4.69) is 15.0 Å². The summed E-state index contributed by atoms with van der Waals surface area (Å²) in [6, 6.07) is 0. The van der Waals surface area contributed by atoms with Crippen LogP contribution in [0.25, 0.3) is 0 Å². The molecule has 1 unspecified atom stereocenters. The number of carbonyl (C=O) groups is 1. The zero-order valence-corrected chi connectivity index (χ0v) is 13.3. The summed E-state index contributed by atoms with van der Waals surface area (Å²) >= 11 is 0. The molecule has 0 aliphatic carbocycles. The topological polar surface area (TPSA) is 44.8 Å². The zero-order valence-electron chi connectivity index (χ0n) is 13.3. The Kier molecular flexibility index (Phi) is 8.13. The van der Waals surface area contributed by atoms with Gasteiger partial charge in [0.05, 0.1) is 0 Å². The second-order valence-corrected chi connectivity index (χ2v) is 5.65. The van der Waals surface area contributed by atoms with Crippen molar-refractivity contribution in [1.82, 2.24) is 15.1 Å². The average Bonchev–Trinajstić information content (AvgIpc) is 2.46. The summed E-state index contributed by atoms with van der Waals surface area (Å²) in [5.74, 6) is 0.120. The van der Waals surface area contributed by atoms with E-state index in [4.69, 9.17) is 0 Å². The highest BCUT2D eigenvalue weighted by molar-refractivity contribution is 5.78. The first-order chi connectivity index (χ1) is 10.3. The molecule has 22 heavy (non-hydrogen) atoms. The number of amides is 1. The van der Waals surface area contributed by atoms with Gasteiger partial charge in [-0.05, 0) is 13.5 Å². The Bertz CT molecular complexity index is 332. The Morgan fingerprint density at radius 1 is 1.27 bits per heavy atom. The lowest BCUT2D eigenvalue weighted by Gasteiger charge is -2.36. The number of hydrogen-bond acceptors (Lipinski definition) is 4. The zero-order chi connectivity index (χ0) is 16.6. The highest BCUT2D eigenvalue weighted by Gasteiger charge is 2.27. The molecule has 1 fully saturated rings. The van der Waals surface area contributed by atoms with Gasteiger partial charge in [0.15, 0.2) is 0 Å². The van der Waals surface area contributed by atoms with Crippen LogP contribution < -0.4 is 5.32 Å². The number of piperazine rings is 1. The van der Waals surface area contributed by atoms with Gasteiger partial charge in [0, 0.05) is 51.8 Å². The van der Waals surface area contributed by atoms with Gasteiger partial charge in [0.25, 0.3) is 0 Å². The van der Waals surface area contributed by atoms with Crippen molar-refractivity contribution in [3.63, 3.8) is 0 Å². The van der Waals surface area contributed by atoms with Crippen LogP contribution in [0.2, 0.25) is 0 Å². The maximum atomic E-state index is 12.1. The summed E-state index contributed by atoms with van der Waals surface area (Å²) in [5.41, 5.74) is 0. The molecule has 1 rings (SSSR count). The molecule has 130 valence electrons. The summed E-state index contributed by atoms with van der Waals surface area (Å²) in [7, 11) is 1.82. The average molecular weight is 325 g/mol. The molecule has 1 heterocycles. The minimum Gasteiger partial charge on any atom is -0.372 e. The number of alkyl halides is 3. The van der Waals surface area contributed by atoms with Gasteiger partial charge in [-0.15, -0.1) is 0 Å². The molecule has 1 N–H and O–H groups in total. The van der Waals surface area contributed by atoms with Crippen molar-refractivity contribution in [3.05, 3.63) is 0 Å². The highest BCUT2D eigenvalue weighted by atomic mass is 19.4. The molecule has 1 aliphatic rings. The van der Waals surface area contributed by atoms with E-state index in [0.717, 1.165) is 13.1 Å². The minimum atomic E-state index is -4.25. The number of rotatable bonds is 8. The lowest BCUT2D eigenvalue weighted by atomic mass is 10.1. The fraction of sp³-hybridized carbons (Fsp3) is 0.929. The molecule has 1 atom stereocenters. The Balaban J connectivity index is 2.14. The van der Waals surface area contributed by atoms with Crippen molar-refractivity contribution < 1.29 is 22.7 Å². The Morgan fingerprint density at radius 3 is 2.45 bits per heavy atom. The van der Waals surface area contributed by atoms with Gasteiger partial charge in [-0.1, -0.05) is 6.92 Å². The highest BCUT2D eigenvalue weighted by Crippen LogP contribution is 2.14. The van der Waals surface area contributed by atoms with Gasteiger partial charge in [0.1, 0.15) is 6.61 Å². The third-order valence-corrected chi connectivity index (χ3v) is 3.64. The van der Waals surface area contributed by atoms with E-state index in [1.807, 2.05) is 18.9 Å². The van der Waals surface area contributed by atoms with E-state index in [9.17, 15) is 18.0 Å². The summed E-state index contributed by atoms with van der Waals surface area (Å²) in [5, 5.41) is 2.99. The third-order valence-electron chi connectivity index (χ3n) is 3.64. The van der Waals surface area contributed by atoms with Crippen molar-refractivity contribution in [1.29, 1.82) is 0 Å². The largest absolute Gasteiger partial charge is 0.411 e. The fourth-order valence-electron chi connectivity index (χ4n) is 2.48. The lowest BCUT2D eigenvalue weighted by molar-refractivity contribution is -0.174. The van der Waals surface area contributed by atoms with Crippen molar-refractivity contribution in [3.8, 4) is 0 Å². The van der Waals surface area contributed by atoms with Crippen molar-refractivity contribution in [2.45, 2.75) is 19.5 Å². The summed E-state index contributed by atoms with van der Waals surface area (Å²) in [6.07, 6.45) is -3.68. The number of nitrogens with zero attached hydrogens (tertiary/aromatic N) is 2. The number of carbonyl (C=O) groups excluding carboxylic acids is 1. The van der Waals surface area contributed by atoms with Crippen LogP contribution in [0.1, 0.15) is 13.3 Å². The number of ether oxygens (including phenoxy) is 1. The first-order valence-electron chi connectivity index (χ1n) is 7.63. The van der Waals surface area contributed by atoms with Crippen LogP contribution in [0, 0.1) is 5.92 Å². The maximum absolute atomic E-state index is 12.1. The molecule has 0 saturated carbocycles. The predicted octanol–water partition coefficient (Wildman–Crippen LogP) is 0.955. The Morgan fingerprint density at radius 2 is 1.91 bits per heavy atom. The molecule has 0 bridgehead atoms. The van der Waals surface area contributed by atoms with Gasteiger partial charge in [0.2, 0.25) is 5.91 Å². The van der Waals surface area contributed by atoms with E-state index < -0.39 is 12.8 Å². The first kappa shape index (κ1) is 19.2. The van der Waals surface area contributed by atoms with E-state index >= 15 is 0 Å². The molecule has 0 aromatic rings. The van der Waals surface area contributed by atoms with Gasteiger partial charge < -0.3 is 15.0 Å². The standard InChI is InChI=1S/C14H26F3N3O2/c1-12(10-18-2)13(21)20-7-5-19(6-8-20)4-3-9-22-11-14(15,16)17/h12,18H,3-11H2,1-2H3. The summed E-state index contributed by atoms with van der Waals surface area (Å²) in [6.45, 7) is 5.07. The molecule has 5 nitrogen and oxygen atoms in total. The van der Waals surface area contributed by atoms with E-state index in [0.29, 0.717) is 32.6 Å². The lowest BCUT2D eigenvalue weighted by Crippen LogP contribution is -2.51. The van der Waals surface area contributed by atoms with E-state index in [1.54, 1.807) is 0 Å². The quantitative estimate of drug-likeness (QED) is 0.675. The molecule has 1 saturated heterocycles. The minimum absolute atomic E-state index is 0.0349. The summed E-state index contributed by atoms with van der Waals surface area (Å²) < 4.78 is 40.3. The number of hydrogen-bond donors (Lipinski definition) is 1. The molecule has 1 aliphatic heterocycles. The fourth-order valence-corrected chi connectivity index (χ4v) is 2.48. The van der Waals surface area contributed by atoms with E-state index in [-0.39, 0.29) is 18.4 Å². The second-order valence-electron chi connectivity index (χ2n) is 5.65. The molecular weight excluding hydrogens is 299 g/mol. The van der Waals surface area contributed by atoms with Gasteiger partial charge in [-0.25, -0.2) is 0 Å². The summed E-state index contributed by atoms with van der Waals surface area (Å²) in [4.78, 5) is 16.1. The van der Waals surface area contributed by atoms with Crippen LogP contribution in [-0.4, -0.2) is 81.4 Å². The second kappa shape index (κ2) is 9.32. The third kappa shape index (κ3) is 7.42. The van der Waals surface area contributed by atoms with Gasteiger partial charge in [-0.2, -0.15) is 13.2 Å². The smallest absolute Gasteiger partial charge is 0.372 e. The molecular formula is C14H26F3N3O2. The number of halogens is 3. The number of nitrogens with one attached hydrogen (secondary N) is 1. The predicted molar refractivity (Wildman–Crippen MR) is 77.6 cm³/mol. The van der Waals surface area contributed by atoms with Crippen molar-refractivity contribution >= 4 is 5.91 Å². The SMILES string of the molecule is CNCC(C)C(=O)N1CCN(CCCOCC(F)(F)F)CC1. The molecule has 0 radical (unpaired) electrons. The molecule has 0 aromatic carbocycles. The van der Waals surface area contributed by atoms with Crippen LogP contribution >= 0.6 is 0 Å². The van der Waals surface area contributed by atoms with Crippen LogP contribution in [0.3, 0.4) is 0 Å². The molecule has 8 heteroatoms. The van der Waals surface area contributed by atoms with Crippen LogP contribution in [-0.2, 0) is 9.53 Å². The van der Waals surface area contributed by atoms with Crippen molar-refractivity contribution in [2.75, 3.05) is 59.5 Å². The first-order valence-corrected chi connectivity index (χ1v) is 7.63. The van der Waals surface area contributed by atoms with E-state index in [1.165, 1.54) is 0 Å². The normalized spacial score (nSPS) is 18.5. The van der Waals surface area contributed by atoms with Crippen LogP contribution in [0.5, 0.6) is 0 Å². The van der Waals surface area contributed by atoms with Gasteiger partial charge in [-0.3, -0.25) is 9.69 Å². The Labute approximate surface area is 129 Å². The maximum Gasteiger partial charge on any atom is 0.411 e. The van der Waals surface area contributed by atoms with Gasteiger partial charge >= 0.3 is 6.18 Å². The molecule has 0 aromatic heterocycles. The Hall–Kier alpha value is -0.860. The molecule has 1 amide bonds. The van der Waals surface area contributed by atoms with Crippen LogP contribution in [0.4, 0.5) is 13.2 Å². The van der Waals surface area contributed by atoms with Crippen LogP contribution in [0.15, 0.2) is 0 Å².